The summed E-state index contributed by atoms with van der Waals surface area (Å²) in [7, 11) is 0. The Balaban J connectivity index is 1.97. The lowest BCUT2D eigenvalue weighted by molar-refractivity contribution is 0.0987. The minimum absolute atomic E-state index is 0.000602. The first-order valence-corrected chi connectivity index (χ1v) is 6.94. The van der Waals surface area contributed by atoms with Crippen molar-refractivity contribution in [2.24, 2.45) is 0 Å². The highest BCUT2D eigenvalue weighted by Gasteiger charge is 2.21. The number of amides is 1. The first-order valence-electron chi connectivity index (χ1n) is 6.94. The van der Waals surface area contributed by atoms with Gasteiger partial charge in [-0.1, -0.05) is 18.2 Å². The summed E-state index contributed by atoms with van der Waals surface area (Å²) in [5.74, 6) is 0.178. The van der Waals surface area contributed by atoms with Crippen LogP contribution in [0.3, 0.4) is 0 Å². The van der Waals surface area contributed by atoms with Crippen LogP contribution in [0.25, 0.3) is 0 Å². The number of hydrogen-bond donors (Lipinski definition) is 1. The smallest absolute Gasteiger partial charge is 0.258 e. The zero-order valence-corrected chi connectivity index (χ0v) is 11.2. The number of aromatic hydroxyl groups is 1. The van der Waals surface area contributed by atoms with Gasteiger partial charge < -0.3 is 10.0 Å². The molecule has 1 heterocycles. The maximum atomic E-state index is 12.7. The molecule has 0 radical (unpaired) electrons. The van der Waals surface area contributed by atoms with Crippen molar-refractivity contribution in [3.63, 3.8) is 0 Å². The van der Waals surface area contributed by atoms with Crippen LogP contribution >= 0.6 is 0 Å². The molecule has 102 valence electrons. The quantitative estimate of drug-likeness (QED) is 0.860. The number of nitrogens with zero attached hydrogens (tertiary/aromatic N) is 1. The summed E-state index contributed by atoms with van der Waals surface area (Å²) in [6.07, 6.45) is 3.14. The Morgan fingerprint density at radius 2 is 1.75 bits per heavy atom. The normalized spacial score (nSPS) is 14.5. The molecule has 3 nitrogen and oxygen atoms in total. The number of hydrogen-bond acceptors (Lipinski definition) is 2. The molecular weight excluding hydrogens is 250 g/mol. The Hall–Kier alpha value is -2.29. The summed E-state index contributed by atoms with van der Waals surface area (Å²) in [6, 6.07) is 14.6. The van der Waals surface area contributed by atoms with Crippen LogP contribution in [0.2, 0.25) is 0 Å². The van der Waals surface area contributed by atoms with E-state index in [4.69, 9.17) is 0 Å². The summed E-state index contributed by atoms with van der Waals surface area (Å²) >= 11 is 0. The number of benzene rings is 2. The highest BCUT2D eigenvalue weighted by Crippen LogP contribution is 2.27. The summed E-state index contributed by atoms with van der Waals surface area (Å²) < 4.78 is 0. The van der Waals surface area contributed by atoms with Gasteiger partial charge in [-0.2, -0.15) is 0 Å². The molecule has 0 saturated carbocycles. The Morgan fingerprint density at radius 1 is 1.00 bits per heavy atom. The SMILES string of the molecule is O=C(c1ccc(O)cc1)N1CCCCc2ccccc21. The van der Waals surface area contributed by atoms with Gasteiger partial charge in [0.15, 0.2) is 0 Å². The third-order valence-electron chi connectivity index (χ3n) is 3.72. The summed E-state index contributed by atoms with van der Waals surface area (Å²) in [6.45, 7) is 0.747. The van der Waals surface area contributed by atoms with Gasteiger partial charge >= 0.3 is 0 Å². The lowest BCUT2D eigenvalue weighted by Gasteiger charge is -2.23. The molecule has 2 aromatic rings. The fraction of sp³-hybridized carbons (Fsp3) is 0.235. The average Bonchev–Trinajstić information content (AvgIpc) is 2.69. The zero-order chi connectivity index (χ0) is 13.9. The lowest BCUT2D eigenvalue weighted by atomic mass is 10.1. The standard InChI is InChI=1S/C17H17NO2/c19-15-10-8-14(9-11-15)17(20)18-12-4-3-6-13-5-1-2-7-16(13)18/h1-2,5,7-11,19H,3-4,6,12H2. The molecule has 1 amide bonds. The Bertz CT molecular complexity index is 619. The molecule has 1 aliphatic rings. The van der Waals surface area contributed by atoms with Gasteiger partial charge in [0.1, 0.15) is 5.75 Å². The number of anilines is 1. The predicted octanol–water partition coefficient (Wildman–Crippen LogP) is 3.38. The van der Waals surface area contributed by atoms with Crippen LogP contribution in [0.15, 0.2) is 48.5 Å². The lowest BCUT2D eigenvalue weighted by Crippen LogP contribution is -2.31. The van der Waals surface area contributed by atoms with E-state index in [-0.39, 0.29) is 11.7 Å². The maximum Gasteiger partial charge on any atom is 0.258 e. The first kappa shape index (κ1) is 12.7. The number of carbonyl (C=O) groups is 1. The third-order valence-corrected chi connectivity index (χ3v) is 3.72. The van der Waals surface area contributed by atoms with E-state index in [1.165, 1.54) is 5.56 Å². The average molecular weight is 267 g/mol. The third kappa shape index (κ3) is 2.39. The maximum absolute atomic E-state index is 12.7. The van der Waals surface area contributed by atoms with Crippen LogP contribution in [0.1, 0.15) is 28.8 Å². The van der Waals surface area contributed by atoms with Crippen molar-refractivity contribution in [3.05, 3.63) is 59.7 Å². The summed E-state index contributed by atoms with van der Waals surface area (Å²) in [4.78, 5) is 14.5. The molecule has 2 aromatic carbocycles. The summed E-state index contributed by atoms with van der Waals surface area (Å²) in [5.41, 5.74) is 2.86. The van der Waals surface area contributed by atoms with Crippen molar-refractivity contribution in [2.75, 3.05) is 11.4 Å². The number of carbonyl (C=O) groups excluding carboxylic acids is 1. The topological polar surface area (TPSA) is 40.5 Å². The van der Waals surface area contributed by atoms with Crippen molar-refractivity contribution < 1.29 is 9.90 Å². The van der Waals surface area contributed by atoms with Gasteiger partial charge in [-0.3, -0.25) is 4.79 Å². The highest BCUT2D eigenvalue weighted by atomic mass is 16.3. The Labute approximate surface area is 118 Å². The fourth-order valence-corrected chi connectivity index (χ4v) is 2.66. The fourth-order valence-electron chi connectivity index (χ4n) is 2.66. The molecule has 0 fully saturated rings. The number of rotatable bonds is 1. The molecule has 20 heavy (non-hydrogen) atoms. The van der Waals surface area contributed by atoms with E-state index < -0.39 is 0 Å². The molecule has 1 N–H and O–H groups in total. The largest absolute Gasteiger partial charge is 0.508 e. The molecule has 0 spiro atoms. The van der Waals surface area contributed by atoms with Gasteiger partial charge in [-0.05, 0) is 55.2 Å². The van der Waals surface area contributed by atoms with E-state index >= 15 is 0 Å². The molecule has 0 saturated heterocycles. The van der Waals surface area contributed by atoms with Gasteiger partial charge in [-0.25, -0.2) is 0 Å². The second kappa shape index (κ2) is 5.37. The van der Waals surface area contributed by atoms with Crippen molar-refractivity contribution in [1.29, 1.82) is 0 Å². The van der Waals surface area contributed by atoms with Crippen molar-refractivity contribution >= 4 is 11.6 Å². The van der Waals surface area contributed by atoms with Gasteiger partial charge in [0.25, 0.3) is 5.91 Å². The molecule has 0 aromatic heterocycles. The molecule has 3 rings (SSSR count). The van der Waals surface area contributed by atoms with Gasteiger partial charge in [0.2, 0.25) is 0 Å². The number of fused-ring (bicyclic) bond motifs is 1. The first-order chi connectivity index (χ1) is 9.75. The summed E-state index contributed by atoms with van der Waals surface area (Å²) in [5, 5.41) is 9.33. The molecule has 0 aliphatic carbocycles. The van der Waals surface area contributed by atoms with Crippen molar-refractivity contribution in [3.8, 4) is 5.75 Å². The molecule has 0 atom stereocenters. The van der Waals surface area contributed by atoms with Crippen LogP contribution in [0.4, 0.5) is 5.69 Å². The Morgan fingerprint density at radius 3 is 2.55 bits per heavy atom. The minimum atomic E-state index is -0.000602. The second-order valence-electron chi connectivity index (χ2n) is 5.09. The van der Waals surface area contributed by atoms with Gasteiger partial charge in [0, 0.05) is 17.8 Å². The van der Waals surface area contributed by atoms with Crippen LogP contribution in [0, 0.1) is 0 Å². The van der Waals surface area contributed by atoms with Crippen LogP contribution < -0.4 is 4.90 Å². The molecular formula is C17H17NO2. The van der Waals surface area contributed by atoms with E-state index in [1.54, 1.807) is 24.3 Å². The molecule has 3 heteroatoms. The van der Waals surface area contributed by atoms with Crippen molar-refractivity contribution in [2.45, 2.75) is 19.3 Å². The van der Waals surface area contributed by atoms with Crippen LogP contribution in [-0.2, 0) is 6.42 Å². The zero-order valence-electron chi connectivity index (χ0n) is 11.2. The van der Waals surface area contributed by atoms with E-state index in [0.29, 0.717) is 5.56 Å². The minimum Gasteiger partial charge on any atom is -0.508 e. The molecule has 0 bridgehead atoms. The monoisotopic (exact) mass is 267 g/mol. The predicted molar refractivity (Wildman–Crippen MR) is 79.2 cm³/mol. The van der Waals surface area contributed by atoms with E-state index in [2.05, 4.69) is 6.07 Å². The number of para-hydroxylation sites is 1. The van der Waals surface area contributed by atoms with E-state index in [0.717, 1.165) is 31.5 Å². The van der Waals surface area contributed by atoms with E-state index in [9.17, 15) is 9.90 Å². The van der Waals surface area contributed by atoms with Gasteiger partial charge in [0.05, 0.1) is 0 Å². The molecule has 1 aliphatic heterocycles. The van der Waals surface area contributed by atoms with Crippen molar-refractivity contribution in [1.82, 2.24) is 0 Å². The van der Waals surface area contributed by atoms with Crippen LogP contribution in [0.5, 0.6) is 5.75 Å². The van der Waals surface area contributed by atoms with Crippen LogP contribution in [-0.4, -0.2) is 17.6 Å². The second-order valence-corrected chi connectivity index (χ2v) is 5.09. The van der Waals surface area contributed by atoms with Gasteiger partial charge in [-0.15, -0.1) is 0 Å². The number of phenolic OH excluding ortho intramolecular Hbond substituents is 1. The Kier molecular flexibility index (Phi) is 3.42. The molecule has 0 unspecified atom stereocenters. The number of phenols is 1. The number of aryl methyl sites for hydroxylation is 1. The van der Waals surface area contributed by atoms with E-state index in [1.807, 2.05) is 23.1 Å². The highest BCUT2D eigenvalue weighted by molar-refractivity contribution is 6.06.